The van der Waals surface area contributed by atoms with Gasteiger partial charge in [0.2, 0.25) is 0 Å². The van der Waals surface area contributed by atoms with Gasteiger partial charge in [-0.3, -0.25) is 4.98 Å². The average molecular weight is 325 g/mol. The second-order valence-electron chi connectivity index (χ2n) is 6.52. The van der Waals surface area contributed by atoms with Crippen LogP contribution in [0.2, 0.25) is 0 Å². The monoisotopic (exact) mass is 325 g/mol. The molecular formula is C20H15N5. The number of aromatic nitrogens is 4. The third kappa shape index (κ3) is 1.91. The maximum absolute atomic E-state index is 9.71. The molecule has 0 radical (unpaired) electrons. The summed E-state index contributed by atoms with van der Waals surface area (Å²) in [5.74, 6) is 0.675. The van der Waals surface area contributed by atoms with Crippen LogP contribution in [0.4, 0.5) is 0 Å². The van der Waals surface area contributed by atoms with E-state index in [9.17, 15) is 5.26 Å². The molecule has 120 valence electrons. The zero-order valence-electron chi connectivity index (χ0n) is 13.7. The number of nitrogens with zero attached hydrogens (tertiary/aromatic N) is 5. The maximum Gasteiger partial charge on any atom is 0.128 e. The molecule has 2 aromatic heterocycles. The third-order valence-electron chi connectivity index (χ3n) is 5.11. The van der Waals surface area contributed by atoms with Crippen LogP contribution in [0.3, 0.4) is 0 Å². The molecule has 5 heteroatoms. The zero-order valence-corrected chi connectivity index (χ0v) is 13.7. The zero-order chi connectivity index (χ0) is 17.0. The Kier molecular flexibility index (Phi) is 2.89. The van der Waals surface area contributed by atoms with Gasteiger partial charge in [-0.2, -0.15) is 5.26 Å². The Morgan fingerprint density at radius 3 is 2.48 bits per heavy atom. The number of hydrogen-bond donors (Lipinski definition) is 0. The number of rotatable bonds is 1. The molecule has 0 saturated carbocycles. The van der Waals surface area contributed by atoms with Crippen LogP contribution in [0.25, 0.3) is 22.1 Å². The molecule has 5 nitrogen and oxygen atoms in total. The molecule has 1 aliphatic heterocycles. The van der Waals surface area contributed by atoms with Crippen molar-refractivity contribution in [3.05, 3.63) is 66.2 Å². The van der Waals surface area contributed by atoms with Crippen LogP contribution in [0, 0.1) is 17.2 Å². The standard InChI is InChI=1S/C20H15N5/c1-12-13(10-21)20-24-16-8-4-5-9-18(16)25(20)19(12)17-11-22-14-6-2-3-7-15(14)23-17/h2-9,11-13,19H,1H3/t12-,13-,19-/m0/s1. The van der Waals surface area contributed by atoms with E-state index in [4.69, 9.17) is 9.97 Å². The van der Waals surface area contributed by atoms with E-state index >= 15 is 0 Å². The summed E-state index contributed by atoms with van der Waals surface area (Å²) < 4.78 is 2.17. The molecule has 0 amide bonds. The molecule has 3 atom stereocenters. The first-order chi connectivity index (χ1) is 12.3. The molecule has 4 aromatic rings. The van der Waals surface area contributed by atoms with Crippen LogP contribution in [0.1, 0.15) is 30.4 Å². The van der Waals surface area contributed by atoms with Crippen molar-refractivity contribution < 1.29 is 0 Å². The molecule has 0 aliphatic carbocycles. The normalized spacial score (nSPS) is 22.2. The van der Waals surface area contributed by atoms with E-state index in [1.807, 2.05) is 48.7 Å². The summed E-state index contributed by atoms with van der Waals surface area (Å²) in [5, 5.41) is 9.71. The summed E-state index contributed by atoms with van der Waals surface area (Å²) in [6.07, 6.45) is 1.84. The lowest BCUT2D eigenvalue weighted by atomic mass is 9.90. The maximum atomic E-state index is 9.71. The van der Waals surface area contributed by atoms with Crippen molar-refractivity contribution in [3.63, 3.8) is 0 Å². The predicted octanol–water partition coefficient (Wildman–Crippen LogP) is 3.83. The lowest BCUT2D eigenvalue weighted by Crippen LogP contribution is -2.15. The Labute approximate surface area is 144 Å². The number of hydrogen-bond acceptors (Lipinski definition) is 4. The summed E-state index contributed by atoms with van der Waals surface area (Å²) in [7, 11) is 0. The first-order valence-electron chi connectivity index (χ1n) is 8.36. The van der Waals surface area contributed by atoms with Crippen LogP contribution < -0.4 is 0 Å². The summed E-state index contributed by atoms with van der Waals surface area (Å²) in [6.45, 7) is 2.10. The molecule has 25 heavy (non-hydrogen) atoms. The second kappa shape index (κ2) is 5.12. The van der Waals surface area contributed by atoms with Crippen molar-refractivity contribution >= 4 is 22.1 Å². The van der Waals surface area contributed by atoms with Crippen molar-refractivity contribution in [1.82, 2.24) is 19.5 Å². The van der Waals surface area contributed by atoms with Crippen LogP contribution >= 0.6 is 0 Å². The second-order valence-corrected chi connectivity index (χ2v) is 6.52. The molecule has 0 saturated heterocycles. The van der Waals surface area contributed by atoms with Gasteiger partial charge in [0, 0.05) is 5.92 Å². The quantitative estimate of drug-likeness (QED) is 0.533. The van der Waals surface area contributed by atoms with Crippen molar-refractivity contribution in [3.8, 4) is 6.07 Å². The minimum Gasteiger partial charge on any atom is -0.317 e. The van der Waals surface area contributed by atoms with Crippen LogP contribution in [0.15, 0.2) is 54.7 Å². The van der Waals surface area contributed by atoms with E-state index in [0.717, 1.165) is 33.6 Å². The van der Waals surface area contributed by atoms with Gasteiger partial charge in [-0.15, -0.1) is 0 Å². The fourth-order valence-corrected chi connectivity index (χ4v) is 3.92. The first-order valence-corrected chi connectivity index (χ1v) is 8.36. The highest BCUT2D eigenvalue weighted by Crippen LogP contribution is 2.45. The molecule has 1 aliphatic rings. The third-order valence-corrected chi connectivity index (χ3v) is 5.11. The van der Waals surface area contributed by atoms with Crippen molar-refractivity contribution in [2.75, 3.05) is 0 Å². The topological polar surface area (TPSA) is 67.4 Å². The van der Waals surface area contributed by atoms with Crippen LogP contribution in [-0.2, 0) is 0 Å². The Morgan fingerprint density at radius 1 is 0.960 bits per heavy atom. The molecule has 3 heterocycles. The van der Waals surface area contributed by atoms with Gasteiger partial charge in [-0.05, 0) is 24.3 Å². The number of imidazole rings is 1. The largest absolute Gasteiger partial charge is 0.317 e. The molecule has 5 rings (SSSR count). The smallest absolute Gasteiger partial charge is 0.128 e. The average Bonchev–Trinajstić information content (AvgIpc) is 3.14. The summed E-state index contributed by atoms with van der Waals surface area (Å²) in [4.78, 5) is 14.1. The van der Waals surface area contributed by atoms with Gasteiger partial charge >= 0.3 is 0 Å². The van der Waals surface area contributed by atoms with E-state index in [1.54, 1.807) is 0 Å². The highest BCUT2D eigenvalue weighted by Gasteiger charge is 2.42. The molecule has 0 bridgehead atoms. The van der Waals surface area contributed by atoms with Crippen molar-refractivity contribution in [1.29, 1.82) is 5.26 Å². The molecule has 0 fully saturated rings. The summed E-state index contributed by atoms with van der Waals surface area (Å²) in [6, 6.07) is 18.3. The summed E-state index contributed by atoms with van der Waals surface area (Å²) in [5.41, 5.74) is 4.60. The number of fused-ring (bicyclic) bond motifs is 4. The molecule has 0 unspecified atom stereocenters. The number of para-hydroxylation sites is 4. The number of nitriles is 1. The van der Waals surface area contributed by atoms with Gasteiger partial charge in [0.1, 0.15) is 11.7 Å². The SMILES string of the molecule is C[C@H]1[C@H](C#N)c2nc3ccccc3n2[C@@H]1c1cnc2ccccc2n1. The van der Waals surface area contributed by atoms with Crippen LogP contribution in [0.5, 0.6) is 0 Å². The van der Waals surface area contributed by atoms with E-state index in [-0.39, 0.29) is 17.9 Å². The van der Waals surface area contributed by atoms with Gasteiger partial charge in [-0.25, -0.2) is 9.97 Å². The van der Waals surface area contributed by atoms with E-state index in [2.05, 4.69) is 28.6 Å². The molecular weight excluding hydrogens is 310 g/mol. The fraction of sp³-hybridized carbons (Fsp3) is 0.200. The molecule has 0 N–H and O–H groups in total. The minimum atomic E-state index is -0.245. The van der Waals surface area contributed by atoms with E-state index in [1.165, 1.54) is 0 Å². The molecule has 0 spiro atoms. The predicted molar refractivity (Wildman–Crippen MR) is 94.9 cm³/mol. The Morgan fingerprint density at radius 2 is 1.68 bits per heavy atom. The molecule has 2 aromatic carbocycles. The Hall–Kier alpha value is -3.26. The lowest BCUT2D eigenvalue weighted by molar-refractivity contribution is 0.452. The van der Waals surface area contributed by atoms with E-state index < -0.39 is 0 Å². The fourth-order valence-electron chi connectivity index (χ4n) is 3.92. The lowest BCUT2D eigenvalue weighted by Gasteiger charge is -2.19. The summed E-state index contributed by atoms with van der Waals surface area (Å²) >= 11 is 0. The highest BCUT2D eigenvalue weighted by molar-refractivity contribution is 5.77. The van der Waals surface area contributed by atoms with Gasteiger partial charge in [0.15, 0.2) is 0 Å². The Bertz CT molecular complexity index is 1150. The van der Waals surface area contributed by atoms with Gasteiger partial charge < -0.3 is 4.57 Å². The number of benzene rings is 2. The van der Waals surface area contributed by atoms with Gasteiger partial charge in [0.25, 0.3) is 0 Å². The first kappa shape index (κ1) is 14.1. The Balaban J connectivity index is 1.77. The van der Waals surface area contributed by atoms with E-state index in [0.29, 0.717) is 0 Å². The minimum absolute atomic E-state index is 0.0378. The van der Waals surface area contributed by atoms with Crippen LogP contribution in [-0.4, -0.2) is 19.5 Å². The van der Waals surface area contributed by atoms with Crippen molar-refractivity contribution in [2.24, 2.45) is 5.92 Å². The van der Waals surface area contributed by atoms with Crippen molar-refractivity contribution in [2.45, 2.75) is 18.9 Å². The van der Waals surface area contributed by atoms with Gasteiger partial charge in [0.05, 0.1) is 46.1 Å². The highest BCUT2D eigenvalue weighted by atomic mass is 15.2. The van der Waals surface area contributed by atoms with Gasteiger partial charge in [-0.1, -0.05) is 31.2 Å².